The van der Waals surface area contributed by atoms with Gasteiger partial charge in [0.25, 0.3) is 0 Å². The topological polar surface area (TPSA) is 61.5 Å². The standard InChI is InChI=1S/C12H23NO3/c1-15-8-5-9-16-12(14)10-6-3-2-4-7-11(10)13/h10-11H,2-9,13H2,1H3. The summed E-state index contributed by atoms with van der Waals surface area (Å²) in [5.41, 5.74) is 5.98. The molecule has 0 aromatic heterocycles. The summed E-state index contributed by atoms with van der Waals surface area (Å²) in [6, 6.07) is -0.0163. The van der Waals surface area contributed by atoms with Crippen molar-refractivity contribution >= 4 is 5.97 Å². The van der Waals surface area contributed by atoms with Gasteiger partial charge in [-0.05, 0) is 12.8 Å². The highest BCUT2D eigenvalue weighted by molar-refractivity contribution is 5.73. The number of esters is 1. The molecule has 2 unspecified atom stereocenters. The molecule has 4 nitrogen and oxygen atoms in total. The molecule has 0 spiro atoms. The number of hydrogen-bond donors (Lipinski definition) is 1. The Kier molecular flexibility index (Phi) is 6.42. The average Bonchev–Trinajstić information content (AvgIpc) is 2.49. The molecular formula is C12H23NO3. The molecule has 1 rings (SSSR count). The van der Waals surface area contributed by atoms with Crippen molar-refractivity contribution in [1.82, 2.24) is 0 Å². The monoisotopic (exact) mass is 229 g/mol. The minimum absolute atomic E-state index is 0.0163. The van der Waals surface area contributed by atoms with Crippen LogP contribution in [0.3, 0.4) is 0 Å². The number of carbonyl (C=O) groups excluding carboxylic acids is 1. The van der Waals surface area contributed by atoms with Gasteiger partial charge in [-0.2, -0.15) is 0 Å². The second kappa shape index (κ2) is 7.63. The third-order valence-electron chi connectivity index (χ3n) is 3.11. The molecule has 0 aromatic carbocycles. The molecular weight excluding hydrogens is 206 g/mol. The first-order valence-corrected chi connectivity index (χ1v) is 6.17. The number of rotatable bonds is 5. The van der Waals surface area contributed by atoms with Crippen LogP contribution in [0.5, 0.6) is 0 Å². The van der Waals surface area contributed by atoms with Gasteiger partial charge in [0.05, 0.1) is 12.5 Å². The van der Waals surface area contributed by atoms with Crippen molar-refractivity contribution in [3.8, 4) is 0 Å². The van der Waals surface area contributed by atoms with Crippen LogP contribution < -0.4 is 5.73 Å². The third-order valence-corrected chi connectivity index (χ3v) is 3.11. The van der Waals surface area contributed by atoms with Crippen LogP contribution in [-0.4, -0.2) is 32.3 Å². The Bertz CT molecular complexity index is 208. The number of ether oxygens (including phenoxy) is 2. The molecule has 1 aliphatic carbocycles. The van der Waals surface area contributed by atoms with Gasteiger partial charge in [0.15, 0.2) is 0 Å². The highest BCUT2D eigenvalue weighted by Crippen LogP contribution is 2.23. The Morgan fingerprint density at radius 3 is 2.75 bits per heavy atom. The average molecular weight is 229 g/mol. The van der Waals surface area contributed by atoms with Crippen LogP contribution in [0.1, 0.15) is 38.5 Å². The molecule has 94 valence electrons. The second-order valence-electron chi connectivity index (χ2n) is 4.42. The third kappa shape index (κ3) is 4.49. The van der Waals surface area contributed by atoms with Gasteiger partial charge >= 0.3 is 5.97 Å². The molecule has 4 heteroatoms. The van der Waals surface area contributed by atoms with E-state index in [1.807, 2.05) is 0 Å². The van der Waals surface area contributed by atoms with Gasteiger partial charge in [-0.25, -0.2) is 0 Å². The lowest BCUT2D eigenvalue weighted by Crippen LogP contribution is -2.35. The molecule has 1 fully saturated rings. The zero-order valence-corrected chi connectivity index (χ0v) is 10.1. The molecule has 0 bridgehead atoms. The van der Waals surface area contributed by atoms with E-state index in [-0.39, 0.29) is 17.9 Å². The summed E-state index contributed by atoms with van der Waals surface area (Å²) in [6.07, 6.45) is 5.98. The maximum Gasteiger partial charge on any atom is 0.310 e. The molecule has 0 radical (unpaired) electrons. The zero-order chi connectivity index (χ0) is 11.8. The van der Waals surface area contributed by atoms with Crippen molar-refractivity contribution in [2.45, 2.75) is 44.6 Å². The van der Waals surface area contributed by atoms with Gasteiger partial charge in [0.2, 0.25) is 0 Å². The van der Waals surface area contributed by atoms with Crippen LogP contribution in [0.25, 0.3) is 0 Å². The highest BCUT2D eigenvalue weighted by atomic mass is 16.5. The molecule has 0 saturated heterocycles. The van der Waals surface area contributed by atoms with Crippen molar-refractivity contribution in [2.24, 2.45) is 11.7 Å². The molecule has 0 aromatic rings. The number of hydrogen-bond acceptors (Lipinski definition) is 4. The summed E-state index contributed by atoms with van der Waals surface area (Å²) in [5, 5.41) is 0. The van der Waals surface area contributed by atoms with E-state index in [1.165, 1.54) is 6.42 Å². The predicted molar refractivity (Wildman–Crippen MR) is 62.0 cm³/mol. The molecule has 0 aliphatic heterocycles. The van der Waals surface area contributed by atoms with E-state index in [4.69, 9.17) is 15.2 Å². The molecule has 16 heavy (non-hydrogen) atoms. The fourth-order valence-corrected chi connectivity index (χ4v) is 2.11. The van der Waals surface area contributed by atoms with E-state index >= 15 is 0 Å². The first-order chi connectivity index (χ1) is 7.75. The van der Waals surface area contributed by atoms with Gasteiger partial charge in [-0.3, -0.25) is 4.79 Å². The van der Waals surface area contributed by atoms with Crippen LogP contribution >= 0.6 is 0 Å². The Balaban J connectivity index is 2.27. The van der Waals surface area contributed by atoms with Crippen molar-refractivity contribution in [2.75, 3.05) is 20.3 Å². The Morgan fingerprint density at radius 1 is 1.25 bits per heavy atom. The van der Waals surface area contributed by atoms with Crippen molar-refractivity contribution in [1.29, 1.82) is 0 Å². The summed E-state index contributed by atoms with van der Waals surface area (Å²) in [6.45, 7) is 1.07. The van der Waals surface area contributed by atoms with Gasteiger partial charge in [0, 0.05) is 26.2 Å². The molecule has 1 aliphatic rings. The van der Waals surface area contributed by atoms with Crippen LogP contribution in [0.15, 0.2) is 0 Å². The van der Waals surface area contributed by atoms with E-state index in [2.05, 4.69) is 0 Å². The normalized spacial score (nSPS) is 26.1. The first-order valence-electron chi connectivity index (χ1n) is 6.17. The van der Waals surface area contributed by atoms with Crippen LogP contribution in [-0.2, 0) is 14.3 Å². The second-order valence-corrected chi connectivity index (χ2v) is 4.42. The highest BCUT2D eigenvalue weighted by Gasteiger charge is 2.28. The smallest absolute Gasteiger partial charge is 0.310 e. The fraction of sp³-hybridized carbons (Fsp3) is 0.917. The Morgan fingerprint density at radius 2 is 2.00 bits per heavy atom. The molecule has 0 heterocycles. The summed E-state index contributed by atoms with van der Waals surface area (Å²) in [5.74, 6) is -0.212. The van der Waals surface area contributed by atoms with Gasteiger partial charge < -0.3 is 15.2 Å². The Hall–Kier alpha value is -0.610. The quantitative estimate of drug-likeness (QED) is 0.440. The van der Waals surface area contributed by atoms with Gasteiger partial charge in [-0.1, -0.05) is 19.3 Å². The van der Waals surface area contributed by atoms with Gasteiger partial charge in [-0.15, -0.1) is 0 Å². The van der Waals surface area contributed by atoms with Gasteiger partial charge in [0.1, 0.15) is 0 Å². The van der Waals surface area contributed by atoms with E-state index in [0.29, 0.717) is 13.2 Å². The molecule has 0 amide bonds. The largest absolute Gasteiger partial charge is 0.465 e. The van der Waals surface area contributed by atoms with E-state index in [1.54, 1.807) is 7.11 Å². The molecule has 2 N–H and O–H groups in total. The van der Waals surface area contributed by atoms with Crippen LogP contribution in [0.2, 0.25) is 0 Å². The summed E-state index contributed by atoms with van der Waals surface area (Å²) < 4.78 is 10.1. The molecule has 2 atom stereocenters. The van der Waals surface area contributed by atoms with Crippen molar-refractivity contribution in [3.05, 3.63) is 0 Å². The minimum atomic E-state index is -0.120. The summed E-state index contributed by atoms with van der Waals surface area (Å²) >= 11 is 0. The molecule has 1 saturated carbocycles. The zero-order valence-electron chi connectivity index (χ0n) is 10.1. The number of carbonyl (C=O) groups is 1. The summed E-state index contributed by atoms with van der Waals surface area (Å²) in [7, 11) is 1.64. The van der Waals surface area contributed by atoms with Crippen molar-refractivity contribution in [3.63, 3.8) is 0 Å². The minimum Gasteiger partial charge on any atom is -0.465 e. The lowest BCUT2D eigenvalue weighted by Gasteiger charge is -2.19. The lowest BCUT2D eigenvalue weighted by atomic mass is 9.96. The SMILES string of the molecule is COCCCOC(=O)C1CCCCCC1N. The van der Waals surface area contributed by atoms with E-state index in [0.717, 1.165) is 32.1 Å². The first kappa shape index (κ1) is 13.5. The van der Waals surface area contributed by atoms with Crippen LogP contribution in [0, 0.1) is 5.92 Å². The summed E-state index contributed by atoms with van der Waals surface area (Å²) in [4.78, 5) is 11.8. The maximum atomic E-state index is 11.8. The van der Waals surface area contributed by atoms with E-state index in [9.17, 15) is 4.79 Å². The Labute approximate surface area is 97.5 Å². The lowest BCUT2D eigenvalue weighted by molar-refractivity contribution is -0.149. The fourth-order valence-electron chi connectivity index (χ4n) is 2.11. The predicted octanol–water partition coefficient (Wildman–Crippen LogP) is 1.47. The maximum absolute atomic E-state index is 11.8. The number of nitrogens with two attached hydrogens (primary N) is 1. The van der Waals surface area contributed by atoms with E-state index < -0.39 is 0 Å². The number of methoxy groups -OCH3 is 1. The van der Waals surface area contributed by atoms with Crippen molar-refractivity contribution < 1.29 is 14.3 Å². The van der Waals surface area contributed by atoms with Crippen LogP contribution in [0.4, 0.5) is 0 Å².